The fourth-order valence-corrected chi connectivity index (χ4v) is 15.4. The molecule has 6 aromatic heterocycles. The van der Waals surface area contributed by atoms with Crippen molar-refractivity contribution in [2.45, 2.75) is 89.9 Å². The Kier molecular flexibility index (Phi) is 36.2. The predicted molar refractivity (Wildman–Crippen MR) is 532 cm³/mol. The lowest BCUT2D eigenvalue weighted by atomic mass is 9.97. The molecule has 0 aliphatic carbocycles. The molecule has 16 rings (SSSR count). The number of aliphatic imine (C=N–C) groups is 2. The predicted octanol–water partition coefficient (Wildman–Crippen LogP) is 23.1. The highest BCUT2D eigenvalue weighted by Gasteiger charge is 2.24. The van der Waals surface area contributed by atoms with Gasteiger partial charge in [-0.15, -0.1) is 0 Å². The largest absolute Gasteiger partial charge is 0.372 e. The maximum absolute atomic E-state index is 13.0. The van der Waals surface area contributed by atoms with Crippen LogP contribution in [0.5, 0.6) is 0 Å². The van der Waals surface area contributed by atoms with Gasteiger partial charge in [0, 0.05) is 164 Å². The van der Waals surface area contributed by atoms with Gasteiger partial charge < -0.3 is 26.6 Å². The molecule has 22 nitrogen and oxygen atoms in total. The Hall–Kier alpha value is -13.4. The SMILES string of the molecule is O=C(Cc1ccc(Cl)cc1C(=O)Nc1ccc(Cl)cn1)c1ccc(CCC2=NCCC2)cc1.O=C(Cc1ccc(Cl)cc1C(=O)Nc1ccc(Cl)cn1)c1ccc(CCC2=NCCN2)cc1.O=C(Cc1ccc(Cl)cc1C(=O)Nc1ccc(Cl)cn1)c1ccc(CCc2ccccn2)cc1.O=C(Cc1ccc(Cl)cc1C(=O)Nc1ccc(Cl)cn1)c1ccc(CCc2ccncn2)cc1. The van der Waals surface area contributed by atoms with Gasteiger partial charge in [-0.1, -0.05) is 220 Å². The van der Waals surface area contributed by atoms with Crippen molar-refractivity contribution in [1.29, 1.82) is 0 Å². The minimum absolute atomic E-state index is 0.0637. The Morgan fingerprint density at radius 3 is 0.910 bits per heavy atom. The number of aryl methyl sites for hydroxylation is 6. The number of rotatable bonds is 32. The lowest BCUT2D eigenvalue weighted by Crippen LogP contribution is -2.18. The summed E-state index contributed by atoms with van der Waals surface area (Å²) in [5.74, 6) is 0.554. The zero-order chi connectivity index (χ0) is 94.2. The standard InChI is InChI=1S/C27H21Cl2N3O2.C26H20Cl2N4O2.C26H23Cl2N3O2.C25H22Cl2N4O2/c28-21-10-9-20(24(16-21)27(34)32-26-13-11-22(29)17-31-26)15-25(33)19-7-4-18(5-8-19)6-12-23-3-1-2-14-30-23;27-20-7-6-19(23(14-20)26(34)32-25-10-8-21(28)15-30-25)13-24(33)18-4-1-17(2-5-18)3-9-22-11-12-29-16-31-22;27-20-9-8-19(23(15-20)26(33)31-25-12-10-21(28)16-30-25)14-24(32)18-6-3-17(4-7-18)5-11-22-2-1-13-29-22;26-19-7-6-18(21(14-19)25(33)31-24-10-8-20(27)15-30-24)13-22(32)17-4-1-16(2-5-17)3-9-23-28-11-12-29-23/h1-5,7-11,13-14,16-17H,6,12,15H2,(H,31,32,34);1-2,4-8,10-12,14-16H,3,9,13H2,(H,30,32,34);3-4,6-10,12,15-16H,1-2,5,11,13-14H2,(H,30,31,33);1-2,4-8,10,14-15H,3,9,11-13H2,(H,28,29)(H,30,31,33). The highest BCUT2D eigenvalue weighted by atomic mass is 35.5. The first-order valence-corrected chi connectivity index (χ1v) is 45.7. The number of Topliss-reactive ketones (excluding diaryl/α,β-unsaturated/α-hetero) is 4. The van der Waals surface area contributed by atoms with E-state index in [0.29, 0.717) is 130 Å². The second-order valence-electron chi connectivity index (χ2n) is 31.0. The normalized spacial score (nSPS) is 11.7. The molecule has 4 amide bonds. The molecule has 676 valence electrons. The van der Waals surface area contributed by atoms with Gasteiger partial charge in [0.05, 0.1) is 32.5 Å². The first-order valence-electron chi connectivity index (χ1n) is 42.7. The highest BCUT2D eigenvalue weighted by molar-refractivity contribution is 6.33. The lowest BCUT2D eigenvalue weighted by Gasteiger charge is -2.11. The summed E-state index contributed by atoms with van der Waals surface area (Å²) in [6, 6.07) is 70.7. The molecule has 0 fully saturated rings. The van der Waals surface area contributed by atoms with Crippen LogP contribution in [0, 0.1) is 0 Å². The molecule has 0 atom stereocenters. The summed E-state index contributed by atoms with van der Waals surface area (Å²) < 4.78 is 0. The molecule has 0 bridgehead atoms. The number of carbonyl (C=O) groups is 8. The second-order valence-corrected chi connectivity index (χ2v) is 34.5. The van der Waals surface area contributed by atoms with Crippen LogP contribution in [0.15, 0.2) is 296 Å². The fraction of sp³-hybridized carbons (Fsp3) is 0.163. The number of amidine groups is 1. The van der Waals surface area contributed by atoms with Crippen molar-refractivity contribution in [2.24, 2.45) is 9.98 Å². The fourth-order valence-electron chi connectivity index (χ4n) is 14.2. The quantitative estimate of drug-likeness (QED) is 0.0245. The molecule has 2 aliphatic heterocycles. The van der Waals surface area contributed by atoms with Gasteiger partial charge in [0.1, 0.15) is 29.6 Å². The molecule has 8 aromatic carbocycles. The van der Waals surface area contributed by atoms with Gasteiger partial charge >= 0.3 is 0 Å². The van der Waals surface area contributed by atoms with Gasteiger partial charge in [0.25, 0.3) is 23.6 Å². The molecule has 30 heteroatoms. The first-order chi connectivity index (χ1) is 64.9. The molecule has 0 saturated carbocycles. The number of ketones is 4. The molecule has 2 aliphatic rings. The van der Waals surface area contributed by atoms with Crippen LogP contribution in [0.4, 0.5) is 23.3 Å². The van der Waals surface area contributed by atoms with Crippen LogP contribution in [-0.2, 0) is 64.2 Å². The average molecular weight is 1940 g/mol. The molecule has 134 heavy (non-hydrogen) atoms. The molecule has 0 unspecified atom stereocenters. The van der Waals surface area contributed by atoms with E-state index in [4.69, 9.17) is 92.8 Å². The summed E-state index contributed by atoms with van der Waals surface area (Å²) in [7, 11) is 0. The Morgan fingerprint density at radius 2 is 0.627 bits per heavy atom. The molecule has 0 radical (unpaired) electrons. The van der Waals surface area contributed by atoms with Gasteiger partial charge in [-0.3, -0.25) is 53.3 Å². The third kappa shape index (κ3) is 30.3. The number of anilines is 4. The van der Waals surface area contributed by atoms with Crippen molar-refractivity contribution in [3.05, 3.63) is 427 Å². The molecular weight excluding hydrogens is 1860 g/mol. The van der Waals surface area contributed by atoms with E-state index in [-0.39, 0.29) is 54.7 Å². The van der Waals surface area contributed by atoms with E-state index in [1.807, 2.05) is 121 Å². The van der Waals surface area contributed by atoms with Crippen molar-refractivity contribution in [1.82, 2.24) is 40.2 Å². The summed E-state index contributed by atoms with van der Waals surface area (Å²) in [4.78, 5) is 141. The van der Waals surface area contributed by atoms with E-state index in [9.17, 15) is 38.4 Å². The number of aromatic nitrogens is 7. The highest BCUT2D eigenvalue weighted by Crippen LogP contribution is 2.28. The van der Waals surface area contributed by atoms with Crippen LogP contribution in [-0.4, -0.2) is 113 Å². The van der Waals surface area contributed by atoms with Crippen molar-refractivity contribution in [2.75, 3.05) is 40.9 Å². The zero-order valence-electron chi connectivity index (χ0n) is 72.0. The first kappa shape index (κ1) is 98.1. The Bertz CT molecular complexity index is 6160. The Morgan fingerprint density at radius 1 is 0.299 bits per heavy atom. The zero-order valence-corrected chi connectivity index (χ0v) is 78.0. The van der Waals surface area contributed by atoms with Crippen LogP contribution < -0.4 is 26.6 Å². The Balaban J connectivity index is 0.000000152. The van der Waals surface area contributed by atoms with E-state index in [0.717, 1.165) is 118 Å². The molecule has 0 saturated heterocycles. The van der Waals surface area contributed by atoms with Crippen molar-refractivity contribution >= 4 is 174 Å². The van der Waals surface area contributed by atoms with Gasteiger partial charge in [-0.25, -0.2) is 29.9 Å². The number of pyridine rings is 5. The van der Waals surface area contributed by atoms with E-state index in [1.165, 1.54) is 42.4 Å². The summed E-state index contributed by atoms with van der Waals surface area (Å²) >= 11 is 47.9. The third-order valence-corrected chi connectivity index (χ3v) is 23.2. The number of halogens is 8. The number of benzene rings is 8. The molecule has 5 N–H and O–H groups in total. The molecule has 0 spiro atoms. The summed E-state index contributed by atoms with van der Waals surface area (Å²) in [5.41, 5.74) is 13.9. The lowest BCUT2D eigenvalue weighted by molar-refractivity contribution is 0.0980. The van der Waals surface area contributed by atoms with Crippen molar-refractivity contribution < 1.29 is 38.4 Å². The van der Waals surface area contributed by atoms with Gasteiger partial charge in [0.15, 0.2) is 23.1 Å². The van der Waals surface area contributed by atoms with Crippen LogP contribution >= 0.6 is 92.8 Å². The van der Waals surface area contributed by atoms with Crippen LogP contribution in [0.1, 0.15) is 164 Å². The molecule has 14 aromatic rings. The van der Waals surface area contributed by atoms with Crippen LogP contribution in [0.2, 0.25) is 40.2 Å². The van der Waals surface area contributed by atoms with E-state index in [2.05, 4.69) is 71.5 Å². The summed E-state index contributed by atoms with van der Waals surface area (Å²) in [5, 5.41) is 17.6. The van der Waals surface area contributed by atoms with Crippen molar-refractivity contribution in [3.8, 4) is 0 Å². The van der Waals surface area contributed by atoms with Crippen LogP contribution in [0.3, 0.4) is 0 Å². The van der Waals surface area contributed by atoms with Gasteiger partial charge in [-0.05, 0) is 218 Å². The van der Waals surface area contributed by atoms with Crippen molar-refractivity contribution in [3.63, 3.8) is 0 Å². The minimum Gasteiger partial charge on any atom is -0.372 e. The van der Waals surface area contributed by atoms with Crippen LogP contribution in [0.25, 0.3) is 0 Å². The number of hydrogen-bond acceptors (Lipinski definition) is 18. The van der Waals surface area contributed by atoms with Gasteiger partial charge in [0.2, 0.25) is 0 Å². The maximum atomic E-state index is 13.0. The third-order valence-electron chi connectivity index (χ3n) is 21.4. The number of nitrogens with zero attached hydrogens (tertiary/aromatic N) is 9. The minimum atomic E-state index is -0.403. The van der Waals surface area contributed by atoms with Gasteiger partial charge in [-0.2, -0.15) is 0 Å². The number of amides is 4. The maximum Gasteiger partial charge on any atom is 0.257 e. The average Bonchev–Trinajstić information content (AvgIpc) is 1.11. The summed E-state index contributed by atoms with van der Waals surface area (Å²) in [6.45, 7) is 2.69. The second kappa shape index (κ2) is 49.4. The monoisotopic (exact) mass is 1940 g/mol. The topological polar surface area (TPSA) is 312 Å². The van der Waals surface area contributed by atoms with E-state index >= 15 is 0 Å². The number of nitrogens with one attached hydrogen (secondary N) is 5. The number of carbonyl (C=O) groups excluding carboxylic acids is 8. The smallest absolute Gasteiger partial charge is 0.257 e. The summed E-state index contributed by atoms with van der Waals surface area (Å²) in [6.07, 6.45) is 20.3. The molecular formula is C104H86Cl8N14O8. The Labute approximate surface area is 814 Å². The van der Waals surface area contributed by atoms with E-state index in [1.54, 1.807) is 134 Å². The number of hydrogen-bond donors (Lipinski definition) is 5. The van der Waals surface area contributed by atoms with E-state index < -0.39 is 17.7 Å². The molecule has 8 heterocycles.